The lowest BCUT2D eigenvalue weighted by Gasteiger charge is -2.21. The number of fused-ring (bicyclic) bond motifs is 1. The van der Waals surface area contributed by atoms with Crippen molar-refractivity contribution in [1.82, 2.24) is 4.90 Å². The maximum Gasteiger partial charge on any atom is 0.227 e. The third-order valence-electron chi connectivity index (χ3n) is 4.19. The summed E-state index contributed by atoms with van der Waals surface area (Å²) in [5.74, 6) is -0.676. The smallest absolute Gasteiger partial charge is 0.227 e. The molecule has 0 radical (unpaired) electrons. The Morgan fingerprint density at radius 3 is 2.44 bits per heavy atom. The SMILES string of the molecule is CC(=O)C[C@@H]1C(=O)N2CC(C)(C)C[C@H]2[C@@H]1C(C)=O. The number of ketones is 2. The summed E-state index contributed by atoms with van der Waals surface area (Å²) in [5, 5.41) is 0. The maximum atomic E-state index is 12.3. The van der Waals surface area contributed by atoms with Crippen LogP contribution in [0.25, 0.3) is 0 Å². The fraction of sp³-hybridized carbons (Fsp3) is 0.786. The van der Waals surface area contributed by atoms with Gasteiger partial charge in [0.1, 0.15) is 11.6 Å². The van der Waals surface area contributed by atoms with Gasteiger partial charge in [-0.25, -0.2) is 0 Å². The highest BCUT2D eigenvalue weighted by Crippen LogP contribution is 2.46. The average molecular weight is 251 g/mol. The Morgan fingerprint density at radius 1 is 1.33 bits per heavy atom. The minimum absolute atomic E-state index is 0.000903. The van der Waals surface area contributed by atoms with E-state index in [4.69, 9.17) is 0 Å². The number of Topliss-reactive ketones (excluding diaryl/α,β-unsaturated/α-hetero) is 2. The van der Waals surface area contributed by atoms with Gasteiger partial charge in [-0.3, -0.25) is 9.59 Å². The van der Waals surface area contributed by atoms with E-state index in [9.17, 15) is 14.4 Å². The van der Waals surface area contributed by atoms with E-state index in [1.54, 1.807) is 6.92 Å². The first-order chi connectivity index (χ1) is 8.23. The molecule has 0 aromatic heterocycles. The first kappa shape index (κ1) is 13.2. The first-order valence-corrected chi connectivity index (χ1v) is 6.53. The van der Waals surface area contributed by atoms with Crippen LogP contribution < -0.4 is 0 Å². The molecule has 2 fully saturated rings. The normalized spacial score (nSPS) is 33.7. The lowest BCUT2D eigenvalue weighted by Crippen LogP contribution is -2.31. The quantitative estimate of drug-likeness (QED) is 0.762. The molecular formula is C14H21NO3. The van der Waals surface area contributed by atoms with Crippen LogP contribution >= 0.6 is 0 Å². The molecule has 4 nitrogen and oxygen atoms in total. The molecule has 0 saturated carbocycles. The van der Waals surface area contributed by atoms with E-state index in [0.29, 0.717) is 6.54 Å². The number of nitrogens with zero attached hydrogens (tertiary/aromatic N) is 1. The molecular weight excluding hydrogens is 230 g/mol. The number of amides is 1. The van der Waals surface area contributed by atoms with Crippen molar-refractivity contribution in [3.05, 3.63) is 0 Å². The van der Waals surface area contributed by atoms with Gasteiger partial charge in [0.25, 0.3) is 0 Å². The predicted octanol–water partition coefficient (Wildman–Crippen LogP) is 1.43. The molecule has 18 heavy (non-hydrogen) atoms. The van der Waals surface area contributed by atoms with E-state index in [1.165, 1.54) is 6.92 Å². The predicted molar refractivity (Wildman–Crippen MR) is 66.9 cm³/mol. The highest BCUT2D eigenvalue weighted by molar-refractivity contribution is 5.95. The molecule has 0 aromatic rings. The lowest BCUT2D eigenvalue weighted by atomic mass is 9.79. The van der Waals surface area contributed by atoms with E-state index >= 15 is 0 Å². The molecule has 0 aliphatic carbocycles. The summed E-state index contributed by atoms with van der Waals surface area (Å²) in [4.78, 5) is 37.3. The second kappa shape index (κ2) is 4.18. The van der Waals surface area contributed by atoms with E-state index in [2.05, 4.69) is 13.8 Å². The van der Waals surface area contributed by atoms with Gasteiger partial charge in [0.05, 0.1) is 5.92 Å². The molecule has 0 unspecified atom stereocenters. The summed E-state index contributed by atoms with van der Waals surface area (Å²) in [5.41, 5.74) is 0.0786. The Labute approximate surface area is 108 Å². The molecule has 0 N–H and O–H groups in total. The maximum absolute atomic E-state index is 12.3. The Kier molecular flexibility index (Phi) is 3.07. The van der Waals surface area contributed by atoms with Gasteiger partial charge in [-0.05, 0) is 25.7 Å². The van der Waals surface area contributed by atoms with Gasteiger partial charge in [0.15, 0.2) is 0 Å². The second-order valence-corrected chi connectivity index (χ2v) is 6.55. The summed E-state index contributed by atoms with van der Waals surface area (Å²) in [6.07, 6.45) is 1.06. The molecule has 0 spiro atoms. The van der Waals surface area contributed by atoms with Crippen molar-refractivity contribution < 1.29 is 14.4 Å². The zero-order valence-corrected chi connectivity index (χ0v) is 11.5. The van der Waals surface area contributed by atoms with Crippen LogP contribution in [0.3, 0.4) is 0 Å². The zero-order valence-electron chi connectivity index (χ0n) is 11.5. The number of hydrogen-bond donors (Lipinski definition) is 0. The molecule has 2 rings (SSSR count). The largest absolute Gasteiger partial charge is 0.338 e. The molecule has 0 bridgehead atoms. The molecule has 100 valence electrons. The van der Waals surface area contributed by atoms with Crippen molar-refractivity contribution >= 4 is 17.5 Å². The monoisotopic (exact) mass is 251 g/mol. The molecule has 3 atom stereocenters. The van der Waals surface area contributed by atoms with Crippen molar-refractivity contribution in [3.63, 3.8) is 0 Å². The molecule has 1 amide bonds. The van der Waals surface area contributed by atoms with Gasteiger partial charge in [0, 0.05) is 24.9 Å². The van der Waals surface area contributed by atoms with Gasteiger partial charge < -0.3 is 9.69 Å². The molecule has 2 aliphatic heterocycles. The summed E-state index contributed by atoms with van der Waals surface area (Å²) in [6, 6.07) is 0.00866. The lowest BCUT2D eigenvalue weighted by molar-refractivity contribution is -0.135. The van der Waals surface area contributed by atoms with E-state index in [1.807, 2.05) is 4.90 Å². The van der Waals surface area contributed by atoms with Crippen LogP contribution in [0.2, 0.25) is 0 Å². The van der Waals surface area contributed by atoms with Crippen LogP contribution in [0.15, 0.2) is 0 Å². The van der Waals surface area contributed by atoms with Crippen molar-refractivity contribution in [2.24, 2.45) is 17.3 Å². The topological polar surface area (TPSA) is 54.5 Å². The van der Waals surface area contributed by atoms with Gasteiger partial charge in [-0.15, -0.1) is 0 Å². The fourth-order valence-corrected chi connectivity index (χ4v) is 3.59. The number of carbonyl (C=O) groups is 3. The molecule has 2 saturated heterocycles. The minimum atomic E-state index is -0.416. The molecule has 2 heterocycles. The van der Waals surface area contributed by atoms with E-state index in [-0.39, 0.29) is 41.3 Å². The zero-order chi connectivity index (χ0) is 13.7. The Hall–Kier alpha value is -1.19. The minimum Gasteiger partial charge on any atom is -0.338 e. The van der Waals surface area contributed by atoms with Gasteiger partial charge in [0.2, 0.25) is 5.91 Å². The number of hydrogen-bond acceptors (Lipinski definition) is 3. The van der Waals surface area contributed by atoms with Crippen molar-refractivity contribution in [2.45, 2.75) is 46.6 Å². The summed E-state index contributed by atoms with van der Waals surface area (Å²) >= 11 is 0. The third kappa shape index (κ3) is 2.08. The van der Waals surface area contributed by atoms with Crippen LogP contribution in [0.5, 0.6) is 0 Å². The van der Waals surface area contributed by atoms with Crippen molar-refractivity contribution in [1.29, 1.82) is 0 Å². The molecule has 0 aromatic carbocycles. The van der Waals surface area contributed by atoms with E-state index in [0.717, 1.165) is 6.42 Å². The fourth-order valence-electron chi connectivity index (χ4n) is 3.59. The van der Waals surface area contributed by atoms with Crippen LogP contribution in [0.1, 0.15) is 40.5 Å². The second-order valence-electron chi connectivity index (χ2n) is 6.55. The summed E-state index contributed by atoms with van der Waals surface area (Å²) in [6.45, 7) is 7.97. The standard InChI is InChI=1S/C14H21NO3/c1-8(16)5-10-12(9(2)17)11-6-14(3,4)7-15(11)13(10)18/h10-12H,5-7H2,1-4H3/t10-,11-,12+/m0/s1. The third-order valence-corrected chi connectivity index (χ3v) is 4.19. The highest BCUT2D eigenvalue weighted by Gasteiger charge is 2.55. The number of carbonyl (C=O) groups excluding carboxylic acids is 3. The first-order valence-electron chi connectivity index (χ1n) is 6.53. The van der Waals surface area contributed by atoms with Gasteiger partial charge in [-0.2, -0.15) is 0 Å². The average Bonchev–Trinajstić information content (AvgIpc) is 2.61. The number of rotatable bonds is 3. The molecule has 4 heteroatoms. The highest BCUT2D eigenvalue weighted by atomic mass is 16.2. The Bertz CT molecular complexity index is 413. The van der Waals surface area contributed by atoms with Crippen LogP contribution in [-0.4, -0.2) is 35.0 Å². The van der Waals surface area contributed by atoms with E-state index < -0.39 is 5.92 Å². The van der Waals surface area contributed by atoms with Crippen LogP contribution in [0.4, 0.5) is 0 Å². The summed E-state index contributed by atoms with van der Waals surface area (Å²) < 4.78 is 0. The Morgan fingerprint density at radius 2 is 1.94 bits per heavy atom. The van der Waals surface area contributed by atoms with Gasteiger partial charge >= 0.3 is 0 Å². The van der Waals surface area contributed by atoms with Crippen LogP contribution in [-0.2, 0) is 14.4 Å². The van der Waals surface area contributed by atoms with Gasteiger partial charge in [-0.1, -0.05) is 13.8 Å². The Balaban J connectivity index is 2.29. The molecule has 2 aliphatic rings. The summed E-state index contributed by atoms with van der Waals surface area (Å²) in [7, 11) is 0. The van der Waals surface area contributed by atoms with Crippen LogP contribution in [0, 0.1) is 17.3 Å². The van der Waals surface area contributed by atoms with Crippen molar-refractivity contribution in [2.75, 3.05) is 6.54 Å². The van der Waals surface area contributed by atoms with Crippen molar-refractivity contribution in [3.8, 4) is 0 Å².